The fourth-order valence-corrected chi connectivity index (χ4v) is 2.72. The van der Waals surface area contributed by atoms with E-state index in [0.29, 0.717) is 13.0 Å². The van der Waals surface area contributed by atoms with Gasteiger partial charge in [-0.15, -0.1) is 0 Å². The van der Waals surface area contributed by atoms with Gasteiger partial charge in [0.15, 0.2) is 0 Å². The maximum Gasteiger partial charge on any atom is 0.122 e. The van der Waals surface area contributed by atoms with E-state index in [-0.39, 0.29) is 6.10 Å². The molecule has 0 bridgehead atoms. The lowest BCUT2D eigenvalue weighted by Gasteiger charge is -2.33. The standard InChI is InChI=1S/C14H20BrNO3/c1-16-5-6-19-14(9-16)12(17)8-10-7-11(15)3-4-13(10)18-2/h3-4,7,12,14,17H,5-6,8-9H2,1-2H3. The molecule has 0 radical (unpaired) electrons. The molecule has 2 rings (SSSR count). The van der Waals surface area contributed by atoms with E-state index in [9.17, 15) is 5.11 Å². The van der Waals surface area contributed by atoms with Gasteiger partial charge in [0.25, 0.3) is 0 Å². The molecule has 1 aliphatic rings. The molecule has 5 heteroatoms. The maximum atomic E-state index is 10.3. The molecular weight excluding hydrogens is 310 g/mol. The minimum Gasteiger partial charge on any atom is -0.496 e. The predicted molar refractivity (Wildman–Crippen MR) is 77.6 cm³/mol. The molecule has 106 valence electrons. The number of ether oxygens (including phenoxy) is 2. The van der Waals surface area contributed by atoms with Crippen LogP contribution in [0, 0.1) is 0 Å². The van der Waals surface area contributed by atoms with Crippen molar-refractivity contribution in [3.63, 3.8) is 0 Å². The number of methoxy groups -OCH3 is 1. The summed E-state index contributed by atoms with van der Waals surface area (Å²) in [6, 6.07) is 5.81. The number of morpholine rings is 1. The van der Waals surface area contributed by atoms with Crippen LogP contribution in [-0.2, 0) is 11.2 Å². The van der Waals surface area contributed by atoms with Crippen molar-refractivity contribution < 1.29 is 14.6 Å². The molecule has 4 nitrogen and oxygen atoms in total. The summed E-state index contributed by atoms with van der Waals surface area (Å²) in [5, 5.41) is 10.3. The van der Waals surface area contributed by atoms with Gasteiger partial charge >= 0.3 is 0 Å². The Labute approximate surface area is 122 Å². The third-order valence-electron chi connectivity index (χ3n) is 3.40. The van der Waals surface area contributed by atoms with Crippen LogP contribution >= 0.6 is 15.9 Å². The molecule has 0 aliphatic carbocycles. The molecule has 0 amide bonds. The second-order valence-electron chi connectivity index (χ2n) is 4.90. The SMILES string of the molecule is COc1ccc(Br)cc1CC(O)C1CN(C)CCO1. The van der Waals surface area contributed by atoms with Gasteiger partial charge in [0, 0.05) is 24.0 Å². The molecule has 1 heterocycles. The Bertz CT molecular complexity index is 427. The first kappa shape index (κ1) is 14.8. The molecule has 2 unspecified atom stereocenters. The molecule has 19 heavy (non-hydrogen) atoms. The van der Waals surface area contributed by atoms with Gasteiger partial charge in [0.2, 0.25) is 0 Å². The zero-order valence-electron chi connectivity index (χ0n) is 11.3. The molecule has 0 aromatic heterocycles. The number of aliphatic hydroxyl groups excluding tert-OH is 1. The minimum absolute atomic E-state index is 0.137. The average Bonchev–Trinajstić information content (AvgIpc) is 2.39. The van der Waals surface area contributed by atoms with Crippen molar-refractivity contribution in [3.8, 4) is 5.75 Å². The van der Waals surface area contributed by atoms with E-state index in [0.717, 1.165) is 28.9 Å². The fourth-order valence-electron chi connectivity index (χ4n) is 2.31. The van der Waals surface area contributed by atoms with Gasteiger partial charge in [0.05, 0.1) is 25.9 Å². The first-order valence-corrected chi connectivity index (χ1v) is 7.20. The molecule has 0 saturated carbocycles. The van der Waals surface area contributed by atoms with Crippen LogP contribution in [-0.4, -0.2) is 56.1 Å². The number of aliphatic hydroxyl groups is 1. The van der Waals surface area contributed by atoms with Gasteiger partial charge in [-0.3, -0.25) is 0 Å². The van der Waals surface area contributed by atoms with E-state index in [1.54, 1.807) is 7.11 Å². The van der Waals surface area contributed by atoms with E-state index in [1.165, 1.54) is 0 Å². The summed E-state index contributed by atoms with van der Waals surface area (Å²) < 4.78 is 12.0. The zero-order chi connectivity index (χ0) is 13.8. The summed E-state index contributed by atoms with van der Waals surface area (Å²) >= 11 is 3.44. The summed E-state index contributed by atoms with van der Waals surface area (Å²) in [5.74, 6) is 0.798. The minimum atomic E-state index is -0.522. The van der Waals surface area contributed by atoms with Crippen molar-refractivity contribution in [2.24, 2.45) is 0 Å². The van der Waals surface area contributed by atoms with Crippen molar-refractivity contribution in [2.45, 2.75) is 18.6 Å². The van der Waals surface area contributed by atoms with Crippen molar-refractivity contribution >= 4 is 15.9 Å². The second kappa shape index (κ2) is 6.70. The Morgan fingerprint density at radius 3 is 3.05 bits per heavy atom. The number of hydrogen-bond acceptors (Lipinski definition) is 4. The van der Waals surface area contributed by atoms with Gasteiger partial charge in [-0.2, -0.15) is 0 Å². The first-order chi connectivity index (χ1) is 9.10. The molecule has 1 N–H and O–H groups in total. The largest absolute Gasteiger partial charge is 0.496 e. The van der Waals surface area contributed by atoms with Crippen LogP contribution in [0.3, 0.4) is 0 Å². The molecule has 1 fully saturated rings. The topological polar surface area (TPSA) is 41.9 Å². The molecule has 1 aliphatic heterocycles. The van der Waals surface area contributed by atoms with E-state index >= 15 is 0 Å². The molecular formula is C14H20BrNO3. The highest BCUT2D eigenvalue weighted by Gasteiger charge is 2.26. The van der Waals surface area contributed by atoms with Gasteiger partial charge in [-0.1, -0.05) is 15.9 Å². The Hall–Kier alpha value is -0.620. The molecule has 2 atom stereocenters. The zero-order valence-corrected chi connectivity index (χ0v) is 12.9. The number of benzene rings is 1. The number of rotatable bonds is 4. The van der Waals surface area contributed by atoms with Gasteiger partial charge < -0.3 is 19.5 Å². The van der Waals surface area contributed by atoms with Gasteiger partial charge in [-0.25, -0.2) is 0 Å². The maximum absolute atomic E-state index is 10.3. The Morgan fingerprint density at radius 2 is 2.37 bits per heavy atom. The average molecular weight is 330 g/mol. The van der Waals surface area contributed by atoms with Crippen molar-refractivity contribution in [3.05, 3.63) is 28.2 Å². The van der Waals surface area contributed by atoms with Gasteiger partial charge in [0.1, 0.15) is 5.75 Å². The smallest absolute Gasteiger partial charge is 0.122 e. The van der Waals surface area contributed by atoms with Crippen LogP contribution in [0.25, 0.3) is 0 Å². The third kappa shape index (κ3) is 3.92. The Kier molecular flexibility index (Phi) is 5.21. The van der Waals surface area contributed by atoms with Crippen molar-refractivity contribution in [1.82, 2.24) is 4.90 Å². The van der Waals surface area contributed by atoms with Crippen LogP contribution in [0.1, 0.15) is 5.56 Å². The lowest BCUT2D eigenvalue weighted by molar-refractivity contribution is -0.0824. The highest BCUT2D eigenvalue weighted by Crippen LogP contribution is 2.25. The number of likely N-dealkylation sites (N-methyl/N-ethyl adjacent to an activating group) is 1. The van der Waals surface area contributed by atoms with Crippen LogP contribution < -0.4 is 4.74 Å². The summed E-state index contributed by atoms with van der Waals surface area (Å²) in [6.07, 6.45) is -0.130. The van der Waals surface area contributed by atoms with Crippen molar-refractivity contribution in [2.75, 3.05) is 33.9 Å². The van der Waals surface area contributed by atoms with E-state index < -0.39 is 6.10 Å². The van der Waals surface area contributed by atoms with Crippen LogP contribution in [0.15, 0.2) is 22.7 Å². The lowest BCUT2D eigenvalue weighted by Crippen LogP contribution is -2.46. The summed E-state index contributed by atoms with van der Waals surface area (Å²) in [7, 11) is 3.69. The monoisotopic (exact) mass is 329 g/mol. The Morgan fingerprint density at radius 1 is 1.58 bits per heavy atom. The lowest BCUT2D eigenvalue weighted by atomic mass is 10.0. The highest BCUT2D eigenvalue weighted by molar-refractivity contribution is 9.10. The molecule has 0 spiro atoms. The molecule has 1 aromatic carbocycles. The highest BCUT2D eigenvalue weighted by atomic mass is 79.9. The van der Waals surface area contributed by atoms with E-state index in [1.807, 2.05) is 25.2 Å². The second-order valence-corrected chi connectivity index (χ2v) is 5.81. The van der Waals surface area contributed by atoms with E-state index in [2.05, 4.69) is 20.8 Å². The van der Waals surface area contributed by atoms with Crippen LogP contribution in [0.4, 0.5) is 0 Å². The number of hydrogen-bond donors (Lipinski definition) is 1. The van der Waals surface area contributed by atoms with Crippen molar-refractivity contribution in [1.29, 1.82) is 0 Å². The predicted octanol–water partition coefficient (Wildman–Crippen LogP) is 1.69. The molecule has 1 aromatic rings. The normalized spacial score (nSPS) is 22.2. The van der Waals surface area contributed by atoms with Gasteiger partial charge in [-0.05, 0) is 30.8 Å². The fraction of sp³-hybridized carbons (Fsp3) is 0.571. The number of nitrogens with zero attached hydrogens (tertiary/aromatic N) is 1. The summed E-state index contributed by atoms with van der Waals surface area (Å²) in [5.41, 5.74) is 0.987. The van der Waals surface area contributed by atoms with Crippen LogP contribution in [0.5, 0.6) is 5.75 Å². The summed E-state index contributed by atoms with van der Waals surface area (Å²) in [4.78, 5) is 2.18. The summed E-state index contributed by atoms with van der Waals surface area (Å²) in [6.45, 7) is 2.36. The quantitative estimate of drug-likeness (QED) is 0.912. The van der Waals surface area contributed by atoms with E-state index in [4.69, 9.17) is 9.47 Å². The first-order valence-electron chi connectivity index (χ1n) is 6.41. The Balaban J connectivity index is 2.05. The van der Waals surface area contributed by atoms with Crippen LogP contribution in [0.2, 0.25) is 0 Å². The molecule has 1 saturated heterocycles. The number of halogens is 1. The third-order valence-corrected chi connectivity index (χ3v) is 3.89.